The lowest BCUT2D eigenvalue weighted by molar-refractivity contribution is -0.123. The van der Waals surface area contributed by atoms with Crippen molar-refractivity contribution in [3.63, 3.8) is 0 Å². The fourth-order valence-electron chi connectivity index (χ4n) is 2.43. The number of anilines is 1. The number of nitrogens with one attached hydrogen (secondary N) is 1. The van der Waals surface area contributed by atoms with E-state index in [0.717, 1.165) is 6.42 Å². The summed E-state index contributed by atoms with van der Waals surface area (Å²) in [5.41, 5.74) is 1.12. The summed E-state index contributed by atoms with van der Waals surface area (Å²) in [5.74, 6) is -0.156. The number of carbonyl (C=O) groups excluding carboxylic acids is 2. The maximum Gasteiger partial charge on any atom is 0.339 e. The standard InChI is InChI=1S/C22H24N2O5/c1-4-11-28-19-10-9-17(13-20(19)27-5-2)22(26)29-15(3)21(25)24-18-8-6-7-16(12-18)14-23/h6-10,12-13,15H,4-5,11H2,1-3H3,(H,24,25)/t15-/m1/s1. The first kappa shape index (κ1) is 21.8. The average Bonchev–Trinajstić information content (AvgIpc) is 2.73. The van der Waals surface area contributed by atoms with E-state index in [-0.39, 0.29) is 5.56 Å². The van der Waals surface area contributed by atoms with E-state index in [1.165, 1.54) is 19.1 Å². The predicted octanol–water partition coefficient (Wildman–Crippen LogP) is 3.93. The molecule has 0 aliphatic rings. The molecule has 1 N–H and O–H groups in total. The molecule has 2 aromatic rings. The highest BCUT2D eigenvalue weighted by atomic mass is 16.5. The van der Waals surface area contributed by atoms with Gasteiger partial charge in [0.05, 0.1) is 30.4 Å². The number of hydrogen-bond acceptors (Lipinski definition) is 6. The number of nitrogens with zero attached hydrogens (tertiary/aromatic N) is 1. The van der Waals surface area contributed by atoms with E-state index in [4.69, 9.17) is 19.5 Å². The molecule has 0 aromatic heterocycles. The molecule has 0 unspecified atom stereocenters. The van der Waals surface area contributed by atoms with Crippen LogP contribution in [0.5, 0.6) is 11.5 Å². The van der Waals surface area contributed by atoms with Gasteiger partial charge < -0.3 is 19.5 Å². The third-order valence-corrected chi connectivity index (χ3v) is 3.85. The zero-order valence-electron chi connectivity index (χ0n) is 16.7. The Morgan fingerprint density at radius 1 is 1.10 bits per heavy atom. The highest BCUT2D eigenvalue weighted by Gasteiger charge is 2.20. The molecule has 0 aliphatic carbocycles. The summed E-state index contributed by atoms with van der Waals surface area (Å²) in [6.07, 6.45) is -0.181. The number of benzene rings is 2. The van der Waals surface area contributed by atoms with Gasteiger partial charge in [0.2, 0.25) is 0 Å². The molecule has 29 heavy (non-hydrogen) atoms. The third kappa shape index (κ3) is 6.25. The van der Waals surface area contributed by atoms with Gasteiger partial charge in [0.25, 0.3) is 5.91 Å². The van der Waals surface area contributed by atoms with E-state index < -0.39 is 18.0 Å². The van der Waals surface area contributed by atoms with Crippen LogP contribution < -0.4 is 14.8 Å². The molecule has 0 aliphatic heterocycles. The molecule has 7 nitrogen and oxygen atoms in total. The molecule has 7 heteroatoms. The number of amides is 1. The predicted molar refractivity (Wildman–Crippen MR) is 108 cm³/mol. The zero-order valence-corrected chi connectivity index (χ0v) is 16.7. The van der Waals surface area contributed by atoms with Crippen LogP contribution in [0, 0.1) is 11.3 Å². The van der Waals surface area contributed by atoms with Gasteiger partial charge in [-0.05, 0) is 56.7 Å². The smallest absolute Gasteiger partial charge is 0.339 e. The van der Waals surface area contributed by atoms with Crippen molar-refractivity contribution in [1.29, 1.82) is 5.26 Å². The zero-order chi connectivity index (χ0) is 21.2. The first-order valence-corrected chi connectivity index (χ1v) is 9.40. The van der Waals surface area contributed by atoms with Crippen molar-refractivity contribution < 1.29 is 23.8 Å². The van der Waals surface area contributed by atoms with Crippen molar-refractivity contribution in [2.45, 2.75) is 33.3 Å². The second-order valence-electron chi connectivity index (χ2n) is 6.17. The van der Waals surface area contributed by atoms with E-state index in [0.29, 0.717) is 36.0 Å². The van der Waals surface area contributed by atoms with Crippen LogP contribution in [0.3, 0.4) is 0 Å². The Hall–Kier alpha value is -3.53. The summed E-state index contributed by atoms with van der Waals surface area (Å²) in [6.45, 7) is 6.26. The maximum atomic E-state index is 12.5. The van der Waals surface area contributed by atoms with Gasteiger partial charge in [-0.25, -0.2) is 4.79 Å². The average molecular weight is 396 g/mol. The van der Waals surface area contributed by atoms with Gasteiger partial charge in [0.1, 0.15) is 0 Å². The fourth-order valence-corrected chi connectivity index (χ4v) is 2.43. The Morgan fingerprint density at radius 3 is 2.59 bits per heavy atom. The molecule has 0 bridgehead atoms. The molecule has 1 atom stereocenters. The second kappa shape index (κ2) is 10.7. The van der Waals surface area contributed by atoms with E-state index in [1.807, 2.05) is 19.9 Å². The van der Waals surface area contributed by atoms with Crippen LogP contribution in [-0.2, 0) is 9.53 Å². The summed E-state index contributed by atoms with van der Waals surface area (Å²) in [7, 11) is 0. The van der Waals surface area contributed by atoms with Gasteiger partial charge in [-0.3, -0.25) is 4.79 Å². The van der Waals surface area contributed by atoms with Crippen molar-refractivity contribution in [3.8, 4) is 17.6 Å². The van der Waals surface area contributed by atoms with E-state index in [1.54, 1.807) is 30.3 Å². The summed E-state index contributed by atoms with van der Waals surface area (Å²) >= 11 is 0. The highest BCUT2D eigenvalue weighted by molar-refractivity contribution is 5.97. The monoisotopic (exact) mass is 396 g/mol. The van der Waals surface area contributed by atoms with Crippen LogP contribution in [0.4, 0.5) is 5.69 Å². The molecule has 0 radical (unpaired) electrons. The number of carbonyl (C=O) groups is 2. The second-order valence-corrected chi connectivity index (χ2v) is 6.17. The first-order valence-electron chi connectivity index (χ1n) is 9.40. The molecule has 0 fully saturated rings. The Kier molecular flexibility index (Phi) is 8.04. The van der Waals surface area contributed by atoms with E-state index >= 15 is 0 Å². The SMILES string of the molecule is CCCOc1ccc(C(=O)O[C@H](C)C(=O)Nc2cccc(C#N)c2)cc1OCC. The highest BCUT2D eigenvalue weighted by Crippen LogP contribution is 2.29. The van der Waals surface area contributed by atoms with Crippen molar-refractivity contribution >= 4 is 17.6 Å². The molecular weight excluding hydrogens is 372 g/mol. The lowest BCUT2D eigenvalue weighted by Crippen LogP contribution is -2.30. The summed E-state index contributed by atoms with van der Waals surface area (Å²) in [6, 6.07) is 13.2. The molecule has 0 spiro atoms. The largest absolute Gasteiger partial charge is 0.490 e. The van der Waals surface area contributed by atoms with Crippen LogP contribution in [0.1, 0.15) is 43.1 Å². The molecule has 2 aromatic carbocycles. The van der Waals surface area contributed by atoms with Crippen molar-refractivity contribution in [2.75, 3.05) is 18.5 Å². The van der Waals surface area contributed by atoms with Gasteiger partial charge in [-0.15, -0.1) is 0 Å². The van der Waals surface area contributed by atoms with Crippen LogP contribution >= 0.6 is 0 Å². The Balaban J connectivity index is 2.05. The third-order valence-electron chi connectivity index (χ3n) is 3.85. The lowest BCUT2D eigenvalue weighted by atomic mass is 10.2. The molecule has 0 saturated heterocycles. The normalized spacial score (nSPS) is 11.1. The van der Waals surface area contributed by atoms with Gasteiger partial charge in [-0.1, -0.05) is 13.0 Å². The Morgan fingerprint density at radius 2 is 1.90 bits per heavy atom. The number of esters is 1. The summed E-state index contributed by atoms with van der Waals surface area (Å²) < 4.78 is 16.4. The topological polar surface area (TPSA) is 97.6 Å². The maximum absolute atomic E-state index is 12.5. The molecular formula is C22H24N2O5. The van der Waals surface area contributed by atoms with Gasteiger partial charge >= 0.3 is 5.97 Å². The minimum Gasteiger partial charge on any atom is -0.490 e. The van der Waals surface area contributed by atoms with Gasteiger partial charge in [0.15, 0.2) is 17.6 Å². The quantitative estimate of drug-likeness (QED) is 0.645. The van der Waals surface area contributed by atoms with Gasteiger partial charge in [0, 0.05) is 5.69 Å². The molecule has 0 saturated carbocycles. The number of hydrogen-bond donors (Lipinski definition) is 1. The molecule has 0 heterocycles. The van der Waals surface area contributed by atoms with E-state index in [2.05, 4.69) is 5.32 Å². The summed E-state index contributed by atoms with van der Waals surface area (Å²) in [5, 5.41) is 11.6. The minimum absolute atomic E-state index is 0.253. The Labute approximate surface area is 170 Å². The van der Waals surface area contributed by atoms with E-state index in [9.17, 15) is 9.59 Å². The Bertz CT molecular complexity index is 904. The molecule has 152 valence electrons. The van der Waals surface area contributed by atoms with Crippen LogP contribution in [0.2, 0.25) is 0 Å². The van der Waals surface area contributed by atoms with Crippen LogP contribution in [0.25, 0.3) is 0 Å². The van der Waals surface area contributed by atoms with Crippen molar-refractivity contribution in [1.82, 2.24) is 0 Å². The summed E-state index contributed by atoms with van der Waals surface area (Å²) in [4.78, 5) is 24.8. The molecule has 2 rings (SSSR count). The number of rotatable bonds is 9. The minimum atomic E-state index is -1.03. The van der Waals surface area contributed by atoms with Crippen LogP contribution in [0.15, 0.2) is 42.5 Å². The number of nitriles is 1. The fraction of sp³-hybridized carbons (Fsp3) is 0.318. The van der Waals surface area contributed by atoms with Gasteiger partial charge in [-0.2, -0.15) is 5.26 Å². The number of ether oxygens (including phenoxy) is 3. The lowest BCUT2D eigenvalue weighted by Gasteiger charge is -2.15. The van der Waals surface area contributed by atoms with Crippen molar-refractivity contribution in [2.24, 2.45) is 0 Å². The van der Waals surface area contributed by atoms with Crippen LogP contribution in [-0.4, -0.2) is 31.2 Å². The molecule has 1 amide bonds. The van der Waals surface area contributed by atoms with Crippen molar-refractivity contribution in [3.05, 3.63) is 53.6 Å². The first-order chi connectivity index (χ1) is 14.0.